The highest BCUT2D eigenvalue weighted by atomic mass is 16.3. The quantitative estimate of drug-likeness (QED) is 0.882. The first-order valence-corrected chi connectivity index (χ1v) is 8.29. The molecule has 20 heavy (non-hydrogen) atoms. The van der Waals surface area contributed by atoms with Gasteiger partial charge in [0, 0.05) is 6.04 Å². The minimum absolute atomic E-state index is 0.310. The first-order chi connectivity index (χ1) is 9.79. The molecule has 2 saturated carbocycles. The number of benzene rings is 1. The average molecular weight is 273 g/mol. The number of rotatable bonds is 4. The number of fused-ring (bicyclic) bond motifs is 1. The molecule has 0 amide bonds. The Balaban J connectivity index is 1.56. The zero-order valence-electron chi connectivity index (χ0n) is 12.4. The van der Waals surface area contributed by atoms with Crippen LogP contribution in [0.5, 0.6) is 0 Å². The molecule has 2 fully saturated rings. The van der Waals surface area contributed by atoms with Crippen LogP contribution in [0.1, 0.15) is 50.5 Å². The third kappa shape index (κ3) is 2.91. The highest BCUT2D eigenvalue weighted by molar-refractivity contribution is 5.15. The maximum Gasteiger partial charge on any atom is 0.0827 e. The van der Waals surface area contributed by atoms with E-state index in [2.05, 4.69) is 35.6 Å². The van der Waals surface area contributed by atoms with Crippen LogP contribution in [0, 0.1) is 5.92 Å². The first kappa shape index (κ1) is 14.1. The summed E-state index contributed by atoms with van der Waals surface area (Å²) in [4.78, 5) is 0. The van der Waals surface area contributed by atoms with Crippen molar-refractivity contribution in [2.45, 2.75) is 63.0 Å². The molecule has 2 nitrogen and oxygen atoms in total. The Morgan fingerprint density at radius 2 is 1.85 bits per heavy atom. The molecule has 0 radical (unpaired) electrons. The lowest BCUT2D eigenvalue weighted by molar-refractivity contribution is -0.0983. The molecule has 3 atom stereocenters. The van der Waals surface area contributed by atoms with E-state index in [0.29, 0.717) is 12.0 Å². The van der Waals surface area contributed by atoms with Crippen LogP contribution in [0.2, 0.25) is 0 Å². The van der Waals surface area contributed by atoms with Crippen LogP contribution in [0.4, 0.5) is 0 Å². The molecule has 2 aliphatic carbocycles. The highest BCUT2D eigenvalue weighted by Gasteiger charge is 2.46. The lowest BCUT2D eigenvalue weighted by Crippen LogP contribution is -2.59. The van der Waals surface area contributed by atoms with E-state index >= 15 is 0 Å². The topological polar surface area (TPSA) is 32.3 Å². The third-order valence-electron chi connectivity index (χ3n) is 5.38. The molecule has 0 heterocycles. The van der Waals surface area contributed by atoms with Crippen molar-refractivity contribution < 1.29 is 5.11 Å². The van der Waals surface area contributed by atoms with Crippen LogP contribution in [0.25, 0.3) is 0 Å². The third-order valence-corrected chi connectivity index (χ3v) is 5.38. The predicted octanol–water partition coefficient (Wildman–Crippen LogP) is 3.29. The summed E-state index contributed by atoms with van der Waals surface area (Å²) in [7, 11) is 0. The van der Waals surface area contributed by atoms with Gasteiger partial charge in [-0.05, 0) is 50.1 Å². The molecule has 0 spiro atoms. The van der Waals surface area contributed by atoms with E-state index in [4.69, 9.17) is 0 Å². The Hall–Kier alpha value is -0.860. The van der Waals surface area contributed by atoms with Crippen molar-refractivity contribution in [2.75, 3.05) is 6.54 Å². The van der Waals surface area contributed by atoms with Gasteiger partial charge in [0.25, 0.3) is 0 Å². The molecule has 2 aliphatic rings. The molecule has 2 unspecified atom stereocenters. The van der Waals surface area contributed by atoms with Gasteiger partial charge in [-0.1, -0.05) is 49.6 Å². The summed E-state index contributed by atoms with van der Waals surface area (Å²) >= 11 is 0. The van der Waals surface area contributed by atoms with Gasteiger partial charge in [-0.25, -0.2) is 0 Å². The lowest BCUT2D eigenvalue weighted by Gasteiger charge is -2.49. The van der Waals surface area contributed by atoms with E-state index in [0.717, 1.165) is 25.8 Å². The van der Waals surface area contributed by atoms with Crippen molar-refractivity contribution in [1.29, 1.82) is 0 Å². The molecule has 2 N–H and O–H groups in total. The molecule has 1 aromatic rings. The molecule has 0 aromatic heterocycles. The second kappa shape index (κ2) is 6.28. The van der Waals surface area contributed by atoms with Gasteiger partial charge in [0.15, 0.2) is 0 Å². The Morgan fingerprint density at radius 3 is 2.70 bits per heavy atom. The van der Waals surface area contributed by atoms with Crippen molar-refractivity contribution >= 4 is 0 Å². The van der Waals surface area contributed by atoms with Crippen molar-refractivity contribution in [3.8, 4) is 0 Å². The summed E-state index contributed by atoms with van der Waals surface area (Å²) < 4.78 is 0. The zero-order chi connectivity index (χ0) is 13.8. The monoisotopic (exact) mass is 273 g/mol. The smallest absolute Gasteiger partial charge is 0.0827 e. The van der Waals surface area contributed by atoms with Gasteiger partial charge >= 0.3 is 0 Å². The SMILES string of the molecule is OC12CCCCC1CCC[C@@H]2NCCc1ccccc1. The van der Waals surface area contributed by atoms with Crippen molar-refractivity contribution in [3.05, 3.63) is 35.9 Å². The van der Waals surface area contributed by atoms with Gasteiger partial charge in [0.1, 0.15) is 0 Å². The van der Waals surface area contributed by atoms with E-state index in [1.54, 1.807) is 0 Å². The van der Waals surface area contributed by atoms with E-state index < -0.39 is 5.60 Å². The van der Waals surface area contributed by atoms with Crippen LogP contribution >= 0.6 is 0 Å². The maximum absolute atomic E-state index is 11.1. The van der Waals surface area contributed by atoms with Gasteiger partial charge in [-0.2, -0.15) is 0 Å². The fourth-order valence-corrected chi connectivity index (χ4v) is 4.24. The van der Waals surface area contributed by atoms with Gasteiger partial charge in [0.2, 0.25) is 0 Å². The minimum atomic E-state index is -0.423. The number of aliphatic hydroxyl groups is 1. The molecule has 1 aromatic carbocycles. The van der Waals surface area contributed by atoms with E-state index in [9.17, 15) is 5.11 Å². The van der Waals surface area contributed by atoms with Gasteiger partial charge in [-0.3, -0.25) is 0 Å². The van der Waals surface area contributed by atoms with Gasteiger partial charge in [-0.15, -0.1) is 0 Å². The van der Waals surface area contributed by atoms with Gasteiger partial charge < -0.3 is 10.4 Å². The second-order valence-corrected chi connectivity index (χ2v) is 6.61. The molecular formula is C18H27NO. The van der Waals surface area contributed by atoms with Crippen LogP contribution in [-0.4, -0.2) is 23.3 Å². The van der Waals surface area contributed by atoms with Crippen LogP contribution in [-0.2, 0) is 6.42 Å². The normalized spacial score (nSPS) is 33.6. The predicted molar refractivity (Wildman–Crippen MR) is 82.7 cm³/mol. The van der Waals surface area contributed by atoms with Crippen LogP contribution in [0.15, 0.2) is 30.3 Å². The Kier molecular flexibility index (Phi) is 4.42. The zero-order valence-corrected chi connectivity index (χ0v) is 12.4. The van der Waals surface area contributed by atoms with E-state index in [-0.39, 0.29) is 0 Å². The van der Waals surface area contributed by atoms with Crippen molar-refractivity contribution in [1.82, 2.24) is 5.32 Å². The highest BCUT2D eigenvalue weighted by Crippen LogP contribution is 2.43. The molecular weight excluding hydrogens is 246 g/mol. The number of nitrogens with one attached hydrogen (secondary N) is 1. The molecule has 110 valence electrons. The number of hydrogen-bond donors (Lipinski definition) is 2. The summed E-state index contributed by atoms with van der Waals surface area (Å²) in [6.45, 7) is 0.976. The van der Waals surface area contributed by atoms with Crippen LogP contribution < -0.4 is 5.32 Å². The molecule has 3 rings (SSSR count). The second-order valence-electron chi connectivity index (χ2n) is 6.61. The summed E-state index contributed by atoms with van der Waals surface area (Å²) in [5.41, 5.74) is 0.954. The van der Waals surface area contributed by atoms with Crippen molar-refractivity contribution in [3.63, 3.8) is 0 Å². The maximum atomic E-state index is 11.1. The Labute approximate surface area is 122 Å². The fraction of sp³-hybridized carbons (Fsp3) is 0.667. The summed E-state index contributed by atoms with van der Waals surface area (Å²) in [6, 6.07) is 10.9. The minimum Gasteiger partial charge on any atom is -0.388 e. The largest absolute Gasteiger partial charge is 0.388 e. The fourth-order valence-electron chi connectivity index (χ4n) is 4.24. The number of hydrogen-bond acceptors (Lipinski definition) is 2. The molecule has 0 saturated heterocycles. The summed E-state index contributed by atoms with van der Waals surface area (Å²) in [6.07, 6.45) is 9.44. The van der Waals surface area contributed by atoms with E-state index in [1.165, 1.54) is 37.7 Å². The molecule has 0 bridgehead atoms. The molecule has 2 heteroatoms. The molecule has 0 aliphatic heterocycles. The van der Waals surface area contributed by atoms with E-state index in [1.807, 2.05) is 0 Å². The Bertz CT molecular complexity index is 417. The Morgan fingerprint density at radius 1 is 1.05 bits per heavy atom. The van der Waals surface area contributed by atoms with Crippen molar-refractivity contribution in [2.24, 2.45) is 5.92 Å². The van der Waals surface area contributed by atoms with Gasteiger partial charge in [0.05, 0.1) is 5.60 Å². The average Bonchev–Trinajstić information content (AvgIpc) is 2.49. The lowest BCUT2D eigenvalue weighted by atomic mass is 9.65. The van der Waals surface area contributed by atoms with Crippen LogP contribution in [0.3, 0.4) is 0 Å². The first-order valence-electron chi connectivity index (χ1n) is 8.29. The summed E-state index contributed by atoms with van der Waals surface area (Å²) in [5, 5.41) is 14.7. The summed E-state index contributed by atoms with van der Waals surface area (Å²) in [5.74, 6) is 0.541. The standard InChI is InChI=1S/C18H27NO/c20-18-13-5-4-9-16(18)10-6-11-17(18)19-14-12-15-7-2-1-3-8-15/h1-3,7-8,16-17,19-20H,4-6,9-14H2/t16?,17-,18?/m0/s1.